The van der Waals surface area contributed by atoms with Crippen LogP contribution in [0.15, 0.2) is 18.6 Å². The molecule has 0 aromatic carbocycles. The maximum absolute atomic E-state index is 12.3. The van der Waals surface area contributed by atoms with Gasteiger partial charge in [-0.3, -0.25) is 9.78 Å². The lowest BCUT2D eigenvalue weighted by Crippen LogP contribution is -2.56. The summed E-state index contributed by atoms with van der Waals surface area (Å²) >= 11 is 0. The van der Waals surface area contributed by atoms with Crippen LogP contribution in [0.4, 0.5) is 5.82 Å². The molecule has 2 rings (SSSR count). The van der Waals surface area contributed by atoms with Crippen LogP contribution in [0.5, 0.6) is 0 Å². The van der Waals surface area contributed by atoms with E-state index in [9.17, 15) is 4.79 Å². The van der Waals surface area contributed by atoms with Gasteiger partial charge in [0.15, 0.2) is 0 Å². The molecule has 1 amide bonds. The maximum atomic E-state index is 12.3. The summed E-state index contributed by atoms with van der Waals surface area (Å²) in [5, 5.41) is 0. The van der Waals surface area contributed by atoms with Crippen molar-refractivity contribution in [2.24, 2.45) is 11.1 Å². The van der Waals surface area contributed by atoms with Crippen molar-refractivity contribution in [3.63, 3.8) is 0 Å². The lowest BCUT2D eigenvalue weighted by molar-refractivity contribution is -0.135. The second kappa shape index (κ2) is 5.75. The van der Waals surface area contributed by atoms with Gasteiger partial charge < -0.3 is 15.5 Å². The first-order chi connectivity index (χ1) is 9.39. The fraction of sp³-hybridized carbons (Fsp3) is 0.643. The molecule has 110 valence electrons. The Bertz CT molecular complexity index is 448. The minimum absolute atomic E-state index is 0.0382. The molecule has 20 heavy (non-hydrogen) atoms. The highest BCUT2D eigenvalue weighted by molar-refractivity contribution is 5.82. The predicted molar refractivity (Wildman–Crippen MR) is 78.3 cm³/mol. The van der Waals surface area contributed by atoms with E-state index in [2.05, 4.69) is 14.9 Å². The van der Waals surface area contributed by atoms with Gasteiger partial charge in [-0.15, -0.1) is 0 Å². The van der Waals surface area contributed by atoms with Gasteiger partial charge in [-0.25, -0.2) is 4.98 Å². The first-order valence-electron chi connectivity index (χ1n) is 6.95. The van der Waals surface area contributed by atoms with Crippen molar-refractivity contribution in [1.82, 2.24) is 14.9 Å². The van der Waals surface area contributed by atoms with Crippen molar-refractivity contribution in [3.05, 3.63) is 18.6 Å². The van der Waals surface area contributed by atoms with Crippen LogP contribution < -0.4 is 10.6 Å². The third-order valence-corrected chi connectivity index (χ3v) is 3.66. The third kappa shape index (κ3) is 3.25. The van der Waals surface area contributed by atoms with Crippen LogP contribution in [-0.2, 0) is 4.79 Å². The first kappa shape index (κ1) is 14.7. The molecule has 0 radical (unpaired) electrons. The Morgan fingerprint density at radius 3 is 2.40 bits per heavy atom. The smallest absolute Gasteiger partial charge is 0.240 e. The Labute approximate surface area is 120 Å². The minimum Gasteiger partial charge on any atom is -0.352 e. The number of aromatic nitrogens is 2. The molecule has 0 spiro atoms. The molecule has 0 bridgehead atoms. The van der Waals surface area contributed by atoms with Gasteiger partial charge in [0.05, 0.1) is 12.2 Å². The number of nitrogens with zero attached hydrogens (tertiary/aromatic N) is 4. The summed E-state index contributed by atoms with van der Waals surface area (Å²) in [4.78, 5) is 24.7. The van der Waals surface area contributed by atoms with Crippen molar-refractivity contribution in [3.8, 4) is 0 Å². The van der Waals surface area contributed by atoms with Crippen LogP contribution in [0.2, 0.25) is 0 Å². The van der Waals surface area contributed by atoms with Crippen LogP contribution in [-0.4, -0.2) is 53.0 Å². The molecule has 6 heteroatoms. The monoisotopic (exact) mass is 277 g/mol. The van der Waals surface area contributed by atoms with Gasteiger partial charge in [0, 0.05) is 38.6 Å². The Hall–Kier alpha value is -1.69. The molecule has 2 N–H and O–H groups in total. The van der Waals surface area contributed by atoms with Crippen molar-refractivity contribution in [2.45, 2.75) is 26.8 Å². The quantitative estimate of drug-likeness (QED) is 0.852. The highest BCUT2D eigenvalue weighted by atomic mass is 16.2. The van der Waals surface area contributed by atoms with Crippen LogP contribution in [0, 0.1) is 5.41 Å². The summed E-state index contributed by atoms with van der Waals surface area (Å²) in [6.45, 7) is 8.86. The molecule has 1 unspecified atom stereocenters. The van der Waals surface area contributed by atoms with E-state index in [1.807, 2.05) is 25.7 Å². The number of nitrogens with two attached hydrogens (primary N) is 1. The van der Waals surface area contributed by atoms with Gasteiger partial charge in [-0.05, 0) is 5.41 Å². The predicted octanol–water partition coefficient (Wildman–Crippen LogP) is 0.499. The number of piperazine rings is 1. The lowest BCUT2D eigenvalue weighted by atomic mass is 9.86. The molecule has 0 saturated carbocycles. The fourth-order valence-corrected chi connectivity index (χ4v) is 2.18. The van der Waals surface area contributed by atoms with E-state index in [0.29, 0.717) is 13.1 Å². The zero-order valence-corrected chi connectivity index (χ0v) is 12.4. The zero-order chi connectivity index (χ0) is 14.8. The molecule has 1 fully saturated rings. The highest BCUT2D eigenvalue weighted by Crippen LogP contribution is 2.20. The summed E-state index contributed by atoms with van der Waals surface area (Å²) < 4.78 is 0. The molecule has 6 nitrogen and oxygen atoms in total. The van der Waals surface area contributed by atoms with Gasteiger partial charge in [0.25, 0.3) is 0 Å². The number of carbonyl (C=O) groups is 1. The number of hydrogen-bond acceptors (Lipinski definition) is 5. The second-order valence-electron chi connectivity index (χ2n) is 6.22. The summed E-state index contributed by atoms with van der Waals surface area (Å²) in [5.41, 5.74) is 5.83. The molecule has 1 saturated heterocycles. The second-order valence-corrected chi connectivity index (χ2v) is 6.22. The molecule has 1 aliphatic heterocycles. The van der Waals surface area contributed by atoms with Crippen LogP contribution in [0.1, 0.15) is 20.8 Å². The molecular weight excluding hydrogens is 254 g/mol. The van der Waals surface area contributed by atoms with Crippen LogP contribution in [0.3, 0.4) is 0 Å². The van der Waals surface area contributed by atoms with Gasteiger partial charge in [0.1, 0.15) is 5.82 Å². The van der Waals surface area contributed by atoms with Gasteiger partial charge in [0.2, 0.25) is 5.91 Å². The number of amides is 1. The average Bonchev–Trinajstić information content (AvgIpc) is 2.46. The number of rotatable bonds is 2. The minimum atomic E-state index is -0.453. The third-order valence-electron chi connectivity index (χ3n) is 3.66. The summed E-state index contributed by atoms with van der Waals surface area (Å²) in [5.74, 6) is 0.899. The van der Waals surface area contributed by atoms with Crippen molar-refractivity contribution >= 4 is 11.7 Å². The Morgan fingerprint density at radius 1 is 1.25 bits per heavy atom. The van der Waals surface area contributed by atoms with Crippen molar-refractivity contribution in [1.29, 1.82) is 0 Å². The molecule has 1 atom stereocenters. The van der Waals surface area contributed by atoms with Crippen LogP contribution in [0.25, 0.3) is 0 Å². The summed E-state index contributed by atoms with van der Waals surface area (Å²) in [6, 6.07) is -0.453. The normalized spacial score (nSPS) is 18.0. The maximum Gasteiger partial charge on any atom is 0.240 e. The zero-order valence-electron chi connectivity index (χ0n) is 12.4. The van der Waals surface area contributed by atoms with Gasteiger partial charge in [-0.1, -0.05) is 20.8 Å². The van der Waals surface area contributed by atoms with Gasteiger partial charge in [-0.2, -0.15) is 0 Å². The summed E-state index contributed by atoms with van der Waals surface area (Å²) in [7, 11) is 0. The van der Waals surface area contributed by atoms with E-state index in [-0.39, 0.29) is 11.3 Å². The van der Waals surface area contributed by atoms with E-state index in [1.165, 1.54) is 0 Å². The number of carbonyl (C=O) groups excluding carboxylic acids is 1. The number of hydrogen-bond donors (Lipinski definition) is 1. The van der Waals surface area contributed by atoms with E-state index in [1.54, 1.807) is 18.6 Å². The average molecular weight is 277 g/mol. The summed E-state index contributed by atoms with van der Waals surface area (Å²) in [6.07, 6.45) is 5.09. The Balaban J connectivity index is 1.93. The molecule has 1 aromatic rings. The lowest BCUT2D eigenvalue weighted by Gasteiger charge is -2.38. The molecule has 1 aromatic heterocycles. The highest BCUT2D eigenvalue weighted by Gasteiger charge is 2.32. The SMILES string of the molecule is CC(C)(C)C(N)C(=O)N1CCN(c2cnccn2)CC1. The Kier molecular flexibility index (Phi) is 4.23. The first-order valence-corrected chi connectivity index (χ1v) is 6.95. The van der Waals surface area contributed by atoms with E-state index >= 15 is 0 Å². The molecule has 0 aliphatic carbocycles. The van der Waals surface area contributed by atoms with Crippen molar-refractivity contribution in [2.75, 3.05) is 31.1 Å². The standard InChI is InChI=1S/C14H23N5O/c1-14(2,3)12(15)13(20)19-8-6-18(7-9-19)11-10-16-4-5-17-11/h4-5,10,12H,6-9,15H2,1-3H3. The van der Waals surface area contributed by atoms with Crippen LogP contribution >= 0.6 is 0 Å². The van der Waals surface area contributed by atoms with E-state index < -0.39 is 6.04 Å². The molecule has 1 aliphatic rings. The Morgan fingerprint density at radius 2 is 1.90 bits per heavy atom. The fourth-order valence-electron chi connectivity index (χ4n) is 2.18. The van der Waals surface area contributed by atoms with Gasteiger partial charge >= 0.3 is 0 Å². The molecule has 2 heterocycles. The number of anilines is 1. The van der Waals surface area contributed by atoms with Crippen molar-refractivity contribution < 1.29 is 4.79 Å². The topological polar surface area (TPSA) is 75.4 Å². The largest absolute Gasteiger partial charge is 0.352 e. The van der Waals surface area contributed by atoms with E-state index in [4.69, 9.17) is 5.73 Å². The van der Waals surface area contributed by atoms with E-state index in [0.717, 1.165) is 18.9 Å². The molecular formula is C14H23N5O.